The van der Waals surface area contributed by atoms with Crippen molar-refractivity contribution in [3.05, 3.63) is 41.8 Å². The number of carbonyl (C=O) groups excluding carboxylic acids is 1. The highest BCUT2D eigenvalue weighted by Gasteiger charge is 2.23. The molecule has 1 aromatic heterocycles. The average Bonchev–Trinajstić information content (AvgIpc) is 2.61. The number of aryl methyl sites for hydroxylation is 1. The predicted octanol–water partition coefficient (Wildman–Crippen LogP) is 2.94. The molecule has 3 rings (SSSR count). The SMILES string of the molecule is CC(=O)NCC1CCCN(c2ncc(C)c(-c3ccccc3F)n2)C1. The van der Waals surface area contributed by atoms with Gasteiger partial charge in [0.25, 0.3) is 0 Å². The Kier molecular flexibility index (Phi) is 5.26. The fourth-order valence-corrected chi connectivity index (χ4v) is 3.21. The molecule has 0 spiro atoms. The maximum atomic E-state index is 14.2. The fraction of sp³-hybridized carbons (Fsp3) is 0.421. The Balaban J connectivity index is 1.82. The number of rotatable bonds is 4. The second kappa shape index (κ2) is 7.59. The highest BCUT2D eigenvalue weighted by Crippen LogP contribution is 2.27. The Bertz CT molecular complexity index is 765. The van der Waals surface area contributed by atoms with Crippen LogP contribution in [0, 0.1) is 18.7 Å². The van der Waals surface area contributed by atoms with Gasteiger partial charge in [-0.2, -0.15) is 0 Å². The van der Waals surface area contributed by atoms with Crippen LogP contribution in [0.15, 0.2) is 30.5 Å². The first kappa shape index (κ1) is 17.3. The van der Waals surface area contributed by atoms with Gasteiger partial charge in [-0.25, -0.2) is 14.4 Å². The van der Waals surface area contributed by atoms with E-state index in [0.29, 0.717) is 29.7 Å². The van der Waals surface area contributed by atoms with E-state index in [1.165, 1.54) is 13.0 Å². The maximum Gasteiger partial charge on any atom is 0.225 e. The van der Waals surface area contributed by atoms with Gasteiger partial charge >= 0.3 is 0 Å². The first-order valence-corrected chi connectivity index (χ1v) is 8.62. The Morgan fingerprint density at radius 3 is 2.96 bits per heavy atom. The van der Waals surface area contributed by atoms with E-state index < -0.39 is 0 Å². The zero-order valence-electron chi connectivity index (χ0n) is 14.6. The summed E-state index contributed by atoms with van der Waals surface area (Å²) in [4.78, 5) is 22.3. The van der Waals surface area contributed by atoms with Gasteiger partial charge in [-0.3, -0.25) is 4.79 Å². The maximum absolute atomic E-state index is 14.2. The summed E-state index contributed by atoms with van der Waals surface area (Å²) >= 11 is 0. The summed E-state index contributed by atoms with van der Waals surface area (Å²) in [6.07, 6.45) is 3.85. The monoisotopic (exact) mass is 342 g/mol. The van der Waals surface area contributed by atoms with Gasteiger partial charge in [-0.15, -0.1) is 0 Å². The number of hydrogen-bond acceptors (Lipinski definition) is 4. The summed E-state index contributed by atoms with van der Waals surface area (Å²) < 4.78 is 14.2. The number of hydrogen-bond donors (Lipinski definition) is 1. The number of anilines is 1. The Morgan fingerprint density at radius 1 is 1.40 bits per heavy atom. The van der Waals surface area contributed by atoms with Crippen LogP contribution in [-0.4, -0.2) is 35.5 Å². The number of amides is 1. The Morgan fingerprint density at radius 2 is 2.20 bits per heavy atom. The van der Waals surface area contributed by atoms with Gasteiger partial charge in [0.05, 0.1) is 5.69 Å². The summed E-state index contributed by atoms with van der Waals surface area (Å²) in [6.45, 7) is 5.75. The highest BCUT2D eigenvalue weighted by atomic mass is 19.1. The lowest BCUT2D eigenvalue weighted by atomic mass is 9.98. The fourth-order valence-electron chi connectivity index (χ4n) is 3.21. The molecule has 0 bridgehead atoms. The molecule has 0 radical (unpaired) electrons. The van der Waals surface area contributed by atoms with Crippen molar-refractivity contribution in [2.24, 2.45) is 5.92 Å². The van der Waals surface area contributed by atoms with E-state index in [-0.39, 0.29) is 11.7 Å². The van der Waals surface area contributed by atoms with Crippen molar-refractivity contribution in [3.8, 4) is 11.3 Å². The molecule has 25 heavy (non-hydrogen) atoms. The van der Waals surface area contributed by atoms with Crippen LogP contribution in [0.4, 0.5) is 10.3 Å². The number of carbonyl (C=O) groups is 1. The normalized spacial score (nSPS) is 17.4. The number of nitrogens with zero attached hydrogens (tertiary/aromatic N) is 3. The molecule has 1 atom stereocenters. The van der Waals surface area contributed by atoms with E-state index in [4.69, 9.17) is 0 Å². The van der Waals surface area contributed by atoms with Crippen molar-refractivity contribution in [2.45, 2.75) is 26.7 Å². The van der Waals surface area contributed by atoms with Gasteiger partial charge < -0.3 is 10.2 Å². The van der Waals surface area contributed by atoms with E-state index in [9.17, 15) is 9.18 Å². The molecular weight excluding hydrogens is 319 g/mol. The molecule has 1 amide bonds. The lowest BCUT2D eigenvalue weighted by Crippen LogP contribution is -2.41. The Labute approximate surface area is 147 Å². The van der Waals surface area contributed by atoms with Gasteiger partial charge in [0.2, 0.25) is 11.9 Å². The number of aromatic nitrogens is 2. The van der Waals surface area contributed by atoms with Crippen LogP contribution in [0.25, 0.3) is 11.3 Å². The first-order chi connectivity index (χ1) is 12.0. The molecule has 1 aromatic carbocycles. The van der Waals surface area contributed by atoms with E-state index in [2.05, 4.69) is 20.2 Å². The molecule has 1 aliphatic heterocycles. The predicted molar refractivity (Wildman–Crippen MR) is 95.8 cm³/mol. The van der Waals surface area contributed by atoms with E-state index in [1.807, 2.05) is 13.0 Å². The van der Waals surface area contributed by atoms with Gasteiger partial charge in [0.1, 0.15) is 5.82 Å². The zero-order valence-corrected chi connectivity index (χ0v) is 14.6. The molecule has 0 saturated carbocycles. The van der Waals surface area contributed by atoms with Crippen LogP contribution in [0.5, 0.6) is 0 Å². The van der Waals surface area contributed by atoms with Gasteiger partial charge in [0, 0.05) is 38.3 Å². The lowest BCUT2D eigenvalue weighted by Gasteiger charge is -2.33. The minimum absolute atomic E-state index is 0.00875. The zero-order chi connectivity index (χ0) is 17.8. The van der Waals surface area contributed by atoms with Crippen molar-refractivity contribution in [2.75, 3.05) is 24.5 Å². The van der Waals surface area contributed by atoms with Crippen LogP contribution in [-0.2, 0) is 4.79 Å². The van der Waals surface area contributed by atoms with Crippen molar-refractivity contribution < 1.29 is 9.18 Å². The van der Waals surface area contributed by atoms with Crippen molar-refractivity contribution in [1.82, 2.24) is 15.3 Å². The third-order valence-corrected chi connectivity index (χ3v) is 4.53. The summed E-state index contributed by atoms with van der Waals surface area (Å²) in [5.41, 5.74) is 1.98. The quantitative estimate of drug-likeness (QED) is 0.928. The molecule has 6 heteroatoms. The largest absolute Gasteiger partial charge is 0.356 e. The molecule has 1 saturated heterocycles. The second-order valence-corrected chi connectivity index (χ2v) is 6.57. The third-order valence-electron chi connectivity index (χ3n) is 4.53. The van der Waals surface area contributed by atoms with Gasteiger partial charge in [-0.05, 0) is 43.4 Å². The van der Waals surface area contributed by atoms with Crippen LogP contribution in [0.3, 0.4) is 0 Å². The number of halogens is 1. The van der Waals surface area contributed by atoms with Crippen LogP contribution in [0.1, 0.15) is 25.3 Å². The smallest absolute Gasteiger partial charge is 0.225 e. The molecule has 1 unspecified atom stereocenters. The van der Waals surface area contributed by atoms with E-state index in [0.717, 1.165) is 31.5 Å². The van der Waals surface area contributed by atoms with Crippen LogP contribution in [0.2, 0.25) is 0 Å². The van der Waals surface area contributed by atoms with Crippen LogP contribution >= 0.6 is 0 Å². The molecule has 2 aromatic rings. The molecule has 1 fully saturated rings. The van der Waals surface area contributed by atoms with Crippen molar-refractivity contribution in [3.63, 3.8) is 0 Å². The summed E-state index contributed by atoms with van der Waals surface area (Å²) in [5.74, 6) is 0.707. The molecule has 132 valence electrons. The first-order valence-electron chi connectivity index (χ1n) is 8.62. The van der Waals surface area contributed by atoms with E-state index >= 15 is 0 Å². The summed E-state index contributed by atoms with van der Waals surface area (Å²) in [5, 5.41) is 2.89. The molecule has 0 aliphatic carbocycles. The molecule has 2 heterocycles. The molecule has 1 aliphatic rings. The minimum atomic E-state index is -0.280. The number of piperidine rings is 1. The second-order valence-electron chi connectivity index (χ2n) is 6.57. The van der Waals surface area contributed by atoms with Gasteiger partial charge in [-0.1, -0.05) is 12.1 Å². The third kappa shape index (κ3) is 4.13. The topological polar surface area (TPSA) is 58.1 Å². The summed E-state index contributed by atoms with van der Waals surface area (Å²) in [7, 11) is 0. The minimum Gasteiger partial charge on any atom is -0.356 e. The van der Waals surface area contributed by atoms with Gasteiger partial charge in [0.15, 0.2) is 0 Å². The van der Waals surface area contributed by atoms with Crippen molar-refractivity contribution in [1.29, 1.82) is 0 Å². The summed E-state index contributed by atoms with van der Waals surface area (Å²) in [6, 6.07) is 6.67. The van der Waals surface area contributed by atoms with Crippen LogP contribution < -0.4 is 10.2 Å². The average molecular weight is 342 g/mol. The standard InChI is InChI=1S/C19H23FN4O/c1-13-10-22-19(23-18(13)16-7-3-4-8-17(16)20)24-9-5-6-15(12-24)11-21-14(2)25/h3-4,7-8,10,15H,5-6,9,11-12H2,1-2H3,(H,21,25). The van der Waals surface area contributed by atoms with E-state index in [1.54, 1.807) is 18.3 Å². The Hall–Kier alpha value is -2.50. The number of nitrogens with one attached hydrogen (secondary N) is 1. The highest BCUT2D eigenvalue weighted by molar-refractivity contribution is 5.72. The lowest BCUT2D eigenvalue weighted by molar-refractivity contribution is -0.119. The number of benzene rings is 1. The molecule has 5 nitrogen and oxygen atoms in total. The molecule has 1 N–H and O–H groups in total. The molecular formula is C19H23FN4O. The van der Waals surface area contributed by atoms with Crippen molar-refractivity contribution >= 4 is 11.9 Å².